The Labute approximate surface area is 97.9 Å². The minimum absolute atomic E-state index is 0.230. The van der Waals surface area contributed by atoms with Crippen molar-refractivity contribution in [3.8, 4) is 0 Å². The smallest absolute Gasteiger partial charge is 0.131 e. The van der Waals surface area contributed by atoms with E-state index in [0.717, 1.165) is 24.5 Å². The van der Waals surface area contributed by atoms with E-state index in [1.54, 1.807) is 6.33 Å². The highest BCUT2D eigenvalue weighted by molar-refractivity contribution is 5.38. The Balaban J connectivity index is 2.68. The van der Waals surface area contributed by atoms with Crippen molar-refractivity contribution in [2.75, 3.05) is 18.5 Å². The Kier molecular flexibility index (Phi) is 4.68. The second-order valence-electron chi connectivity index (χ2n) is 4.64. The van der Waals surface area contributed by atoms with Crippen LogP contribution in [0.2, 0.25) is 0 Å². The maximum absolute atomic E-state index is 5.74. The molecule has 90 valence electrons. The number of nitrogens with two attached hydrogens (primary N) is 1. The third kappa shape index (κ3) is 3.77. The summed E-state index contributed by atoms with van der Waals surface area (Å²) in [4.78, 5) is 10.6. The number of anilines is 1. The third-order valence-corrected chi connectivity index (χ3v) is 2.58. The van der Waals surface area contributed by atoms with Crippen molar-refractivity contribution < 1.29 is 0 Å². The van der Waals surface area contributed by atoms with Gasteiger partial charge in [0.2, 0.25) is 0 Å². The molecule has 0 saturated carbocycles. The maximum atomic E-state index is 5.74. The Morgan fingerprint density at radius 3 is 2.56 bits per heavy atom. The van der Waals surface area contributed by atoms with Crippen LogP contribution in [0.3, 0.4) is 0 Å². The van der Waals surface area contributed by atoms with Gasteiger partial charge >= 0.3 is 0 Å². The largest absolute Gasteiger partial charge is 0.360 e. The molecule has 4 heteroatoms. The minimum Gasteiger partial charge on any atom is -0.360 e. The zero-order chi connectivity index (χ0) is 12.1. The normalized spacial score (nSPS) is 12.9. The molecule has 1 aromatic heterocycles. The second kappa shape index (κ2) is 5.80. The number of rotatable bonds is 5. The minimum atomic E-state index is 0.230. The van der Waals surface area contributed by atoms with E-state index in [2.05, 4.69) is 28.7 Å². The first-order valence-corrected chi connectivity index (χ1v) is 5.79. The van der Waals surface area contributed by atoms with Crippen LogP contribution in [0.15, 0.2) is 12.4 Å². The molecule has 4 nitrogen and oxygen atoms in total. The molecule has 0 fully saturated rings. The van der Waals surface area contributed by atoms with Crippen molar-refractivity contribution in [2.24, 2.45) is 5.73 Å². The first-order valence-electron chi connectivity index (χ1n) is 5.79. The lowest BCUT2D eigenvalue weighted by atomic mass is 10.1. The SMILES string of the molecule is CC(N)CCN(C)c1cc(C(C)C)ncn1. The number of hydrogen-bond acceptors (Lipinski definition) is 4. The van der Waals surface area contributed by atoms with E-state index >= 15 is 0 Å². The van der Waals surface area contributed by atoms with Crippen LogP contribution < -0.4 is 10.6 Å². The molecule has 1 heterocycles. The van der Waals surface area contributed by atoms with Gasteiger partial charge in [0.05, 0.1) is 0 Å². The van der Waals surface area contributed by atoms with Gasteiger partial charge in [-0.3, -0.25) is 0 Å². The lowest BCUT2D eigenvalue weighted by Gasteiger charge is -2.19. The fraction of sp³-hybridized carbons (Fsp3) is 0.667. The zero-order valence-corrected chi connectivity index (χ0v) is 10.6. The van der Waals surface area contributed by atoms with E-state index < -0.39 is 0 Å². The first kappa shape index (κ1) is 12.9. The molecule has 0 aliphatic carbocycles. The average molecular weight is 222 g/mol. The quantitative estimate of drug-likeness (QED) is 0.825. The number of nitrogens with zero attached hydrogens (tertiary/aromatic N) is 3. The van der Waals surface area contributed by atoms with Gasteiger partial charge in [0.25, 0.3) is 0 Å². The predicted octanol–water partition coefficient (Wildman–Crippen LogP) is 1.77. The molecule has 0 aliphatic heterocycles. The lowest BCUT2D eigenvalue weighted by molar-refractivity contribution is 0.655. The number of aromatic nitrogens is 2. The molecular weight excluding hydrogens is 200 g/mol. The van der Waals surface area contributed by atoms with E-state index in [0.29, 0.717) is 5.92 Å². The Morgan fingerprint density at radius 2 is 2.00 bits per heavy atom. The molecule has 0 aromatic carbocycles. The molecule has 1 rings (SSSR count). The zero-order valence-electron chi connectivity index (χ0n) is 10.6. The van der Waals surface area contributed by atoms with Gasteiger partial charge in [-0.15, -0.1) is 0 Å². The van der Waals surface area contributed by atoms with E-state index in [1.807, 2.05) is 20.0 Å². The van der Waals surface area contributed by atoms with Crippen LogP contribution in [0, 0.1) is 0 Å². The van der Waals surface area contributed by atoms with Gasteiger partial charge in [0.15, 0.2) is 0 Å². The molecule has 0 amide bonds. The number of hydrogen-bond donors (Lipinski definition) is 1. The van der Waals surface area contributed by atoms with Crippen LogP contribution >= 0.6 is 0 Å². The van der Waals surface area contributed by atoms with Crippen molar-refractivity contribution in [3.63, 3.8) is 0 Å². The first-order chi connectivity index (χ1) is 7.50. The van der Waals surface area contributed by atoms with Gasteiger partial charge in [-0.1, -0.05) is 13.8 Å². The van der Waals surface area contributed by atoms with Gasteiger partial charge in [0, 0.05) is 31.4 Å². The molecule has 0 bridgehead atoms. The van der Waals surface area contributed by atoms with Crippen LogP contribution in [0.1, 0.15) is 38.8 Å². The standard InChI is InChI=1S/C12H22N4/c1-9(2)11-7-12(15-8-14-11)16(4)6-5-10(3)13/h7-10H,5-6,13H2,1-4H3. The molecule has 2 N–H and O–H groups in total. The highest BCUT2D eigenvalue weighted by Gasteiger charge is 2.07. The van der Waals surface area contributed by atoms with Crippen LogP contribution in [0.5, 0.6) is 0 Å². The van der Waals surface area contributed by atoms with Gasteiger partial charge in [-0.25, -0.2) is 9.97 Å². The molecule has 1 atom stereocenters. The van der Waals surface area contributed by atoms with Crippen LogP contribution in [0.4, 0.5) is 5.82 Å². The summed E-state index contributed by atoms with van der Waals surface area (Å²) >= 11 is 0. The summed E-state index contributed by atoms with van der Waals surface area (Å²) < 4.78 is 0. The van der Waals surface area contributed by atoms with Crippen molar-refractivity contribution in [2.45, 2.75) is 39.2 Å². The van der Waals surface area contributed by atoms with Crippen molar-refractivity contribution in [1.82, 2.24) is 9.97 Å². The lowest BCUT2D eigenvalue weighted by Crippen LogP contribution is -2.26. The third-order valence-electron chi connectivity index (χ3n) is 2.58. The molecule has 1 unspecified atom stereocenters. The van der Waals surface area contributed by atoms with Gasteiger partial charge in [0.1, 0.15) is 12.1 Å². The molecule has 0 aliphatic rings. The van der Waals surface area contributed by atoms with Crippen molar-refractivity contribution >= 4 is 5.82 Å². The van der Waals surface area contributed by atoms with E-state index in [9.17, 15) is 0 Å². The summed E-state index contributed by atoms with van der Waals surface area (Å²) in [6.45, 7) is 7.21. The summed E-state index contributed by atoms with van der Waals surface area (Å²) in [5.41, 5.74) is 6.82. The molecule has 0 saturated heterocycles. The van der Waals surface area contributed by atoms with Gasteiger partial charge in [-0.2, -0.15) is 0 Å². The van der Waals surface area contributed by atoms with E-state index in [4.69, 9.17) is 5.73 Å². The summed E-state index contributed by atoms with van der Waals surface area (Å²) in [5.74, 6) is 1.41. The molecular formula is C12H22N4. The topological polar surface area (TPSA) is 55.0 Å². The predicted molar refractivity (Wildman–Crippen MR) is 67.7 cm³/mol. The Hall–Kier alpha value is -1.16. The Bertz CT molecular complexity index is 323. The maximum Gasteiger partial charge on any atom is 0.131 e. The van der Waals surface area contributed by atoms with Crippen LogP contribution in [-0.4, -0.2) is 29.6 Å². The highest BCUT2D eigenvalue weighted by atomic mass is 15.2. The molecule has 16 heavy (non-hydrogen) atoms. The van der Waals surface area contributed by atoms with Gasteiger partial charge < -0.3 is 10.6 Å². The van der Waals surface area contributed by atoms with Gasteiger partial charge in [-0.05, 0) is 19.3 Å². The molecule has 0 radical (unpaired) electrons. The van der Waals surface area contributed by atoms with E-state index in [-0.39, 0.29) is 6.04 Å². The van der Waals surface area contributed by atoms with Crippen LogP contribution in [-0.2, 0) is 0 Å². The van der Waals surface area contributed by atoms with Crippen LogP contribution in [0.25, 0.3) is 0 Å². The summed E-state index contributed by atoms with van der Waals surface area (Å²) in [6, 6.07) is 2.28. The Morgan fingerprint density at radius 1 is 1.31 bits per heavy atom. The monoisotopic (exact) mass is 222 g/mol. The fourth-order valence-electron chi connectivity index (χ4n) is 1.40. The summed E-state index contributed by atoms with van der Waals surface area (Å²) in [6.07, 6.45) is 2.60. The fourth-order valence-corrected chi connectivity index (χ4v) is 1.40. The average Bonchev–Trinajstić information content (AvgIpc) is 2.26. The summed E-state index contributed by atoms with van der Waals surface area (Å²) in [5, 5.41) is 0. The molecule has 1 aromatic rings. The van der Waals surface area contributed by atoms with E-state index in [1.165, 1.54) is 0 Å². The summed E-state index contributed by atoms with van der Waals surface area (Å²) in [7, 11) is 2.04. The second-order valence-corrected chi connectivity index (χ2v) is 4.64. The van der Waals surface area contributed by atoms with Crippen molar-refractivity contribution in [1.29, 1.82) is 0 Å². The molecule has 0 spiro atoms. The van der Waals surface area contributed by atoms with Crippen molar-refractivity contribution in [3.05, 3.63) is 18.1 Å². The highest BCUT2D eigenvalue weighted by Crippen LogP contribution is 2.16.